The van der Waals surface area contributed by atoms with Crippen LogP contribution in [0.25, 0.3) is 0 Å². The normalized spacial score (nSPS) is 16.3. The Morgan fingerprint density at radius 1 is 1.08 bits per heavy atom. The lowest BCUT2D eigenvalue weighted by Crippen LogP contribution is -2.44. The van der Waals surface area contributed by atoms with Crippen LogP contribution in [0, 0.1) is 0 Å². The Hall–Kier alpha value is -3.15. The largest absolute Gasteiger partial charge is 0.494 e. The Bertz CT molecular complexity index is 1300. The van der Waals surface area contributed by atoms with Crippen LogP contribution in [0.4, 0.5) is 34.6 Å². The molecular weight excluding hydrogens is 560 g/mol. The number of carbonyl (C=O) groups excluding carboxylic acids is 1. The quantitative estimate of drug-likeness (QED) is 0.409. The van der Waals surface area contributed by atoms with Crippen molar-refractivity contribution in [1.82, 2.24) is 19.9 Å². The number of nitrogens with zero attached hydrogens (tertiary/aromatic N) is 6. The fourth-order valence-electron chi connectivity index (χ4n) is 4.44. The van der Waals surface area contributed by atoms with Crippen molar-refractivity contribution in [3.63, 3.8) is 0 Å². The Kier molecular flexibility index (Phi) is 7.63. The number of rotatable bonds is 7. The molecule has 2 aliphatic rings. The molecule has 0 saturated carbocycles. The number of amides is 1. The van der Waals surface area contributed by atoms with Crippen LogP contribution >= 0.6 is 27.5 Å². The van der Waals surface area contributed by atoms with Gasteiger partial charge in [-0.25, -0.2) is 9.97 Å². The third-order valence-electron chi connectivity index (χ3n) is 6.47. The van der Waals surface area contributed by atoms with Gasteiger partial charge in [0.15, 0.2) is 5.82 Å². The summed E-state index contributed by atoms with van der Waals surface area (Å²) in [6.07, 6.45) is 4.68. The fourth-order valence-corrected chi connectivity index (χ4v) is 5.02. The summed E-state index contributed by atoms with van der Waals surface area (Å²) in [5.74, 6) is 2.17. The van der Waals surface area contributed by atoms with Crippen LogP contribution in [0.5, 0.6) is 5.75 Å². The third kappa shape index (κ3) is 5.58. The highest BCUT2D eigenvalue weighted by Crippen LogP contribution is 2.38. The molecule has 3 aromatic rings. The maximum absolute atomic E-state index is 12.3. The van der Waals surface area contributed by atoms with Gasteiger partial charge in [-0.2, -0.15) is 4.98 Å². The molecule has 2 fully saturated rings. The molecule has 4 heterocycles. The molecule has 12 heteroatoms. The van der Waals surface area contributed by atoms with Crippen LogP contribution in [0.2, 0.25) is 5.02 Å². The molecule has 2 N–H and O–H groups in total. The first-order valence-corrected chi connectivity index (χ1v) is 13.2. The number of hydrogen-bond acceptors (Lipinski definition) is 9. The van der Waals surface area contributed by atoms with Crippen LogP contribution in [0.15, 0.2) is 41.1 Å². The second kappa shape index (κ2) is 11.1. The van der Waals surface area contributed by atoms with Crippen LogP contribution in [-0.4, -0.2) is 72.6 Å². The van der Waals surface area contributed by atoms with Gasteiger partial charge in [0.2, 0.25) is 11.9 Å². The van der Waals surface area contributed by atoms with E-state index in [1.165, 1.54) is 0 Å². The predicted molar refractivity (Wildman–Crippen MR) is 150 cm³/mol. The lowest BCUT2D eigenvalue weighted by Gasteiger charge is -2.34. The minimum atomic E-state index is 0.0647. The van der Waals surface area contributed by atoms with E-state index in [9.17, 15) is 4.79 Å². The Balaban J connectivity index is 1.39. The molecule has 0 aliphatic carbocycles. The summed E-state index contributed by atoms with van der Waals surface area (Å²) in [6.45, 7) is 4.40. The second-order valence-corrected chi connectivity index (χ2v) is 10.2. The molecule has 0 radical (unpaired) electrons. The zero-order valence-corrected chi connectivity index (χ0v) is 23.0. The van der Waals surface area contributed by atoms with Crippen molar-refractivity contribution >= 4 is 68.1 Å². The molecule has 1 aromatic carbocycles. The lowest BCUT2D eigenvalue weighted by molar-refractivity contribution is -0.117. The molecule has 194 valence electrons. The zero-order valence-electron chi connectivity index (χ0n) is 20.7. The number of carbonyl (C=O) groups is 1. The summed E-state index contributed by atoms with van der Waals surface area (Å²) in [6, 6.07) is 7.47. The lowest BCUT2D eigenvalue weighted by atomic mass is 10.2. The van der Waals surface area contributed by atoms with E-state index >= 15 is 0 Å². The van der Waals surface area contributed by atoms with Crippen molar-refractivity contribution in [3.8, 4) is 5.75 Å². The summed E-state index contributed by atoms with van der Waals surface area (Å²) >= 11 is 10.2. The molecule has 2 aromatic heterocycles. The van der Waals surface area contributed by atoms with Crippen LogP contribution < -0.4 is 25.2 Å². The number of aromatic nitrogens is 3. The SMILES string of the molecule is COc1cc(N2CCN(C)CC2)c(Cl)cc1Nc1ncc(Br)c(Nc2cccnc2N2CCCC2=O)n1. The van der Waals surface area contributed by atoms with Gasteiger partial charge in [0.05, 0.1) is 33.7 Å². The van der Waals surface area contributed by atoms with E-state index in [-0.39, 0.29) is 5.91 Å². The van der Waals surface area contributed by atoms with Crippen molar-refractivity contribution in [2.24, 2.45) is 0 Å². The van der Waals surface area contributed by atoms with E-state index in [2.05, 4.69) is 58.4 Å². The van der Waals surface area contributed by atoms with Crippen molar-refractivity contribution < 1.29 is 9.53 Å². The monoisotopic (exact) mass is 586 g/mol. The molecule has 0 atom stereocenters. The standard InChI is InChI=1S/C25H28BrClN8O2/c1-33-9-11-34(12-10-33)20-14-21(37-2)19(13-17(20)27)31-25-29-15-16(26)23(32-25)30-18-5-3-7-28-24(18)35-8-4-6-22(35)36/h3,5,7,13-15H,4,6,8-12H2,1-2H3,(H2,29,30,31,32). The minimum Gasteiger partial charge on any atom is -0.494 e. The van der Waals surface area contributed by atoms with Crippen LogP contribution in [0.1, 0.15) is 12.8 Å². The van der Waals surface area contributed by atoms with Gasteiger partial charge >= 0.3 is 0 Å². The molecule has 0 spiro atoms. The Morgan fingerprint density at radius 2 is 1.89 bits per heavy atom. The van der Waals surface area contributed by atoms with Gasteiger partial charge in [0.25, 0.3) is 0 Å². The number of pyridine rings is 1. The third-order valence-corrected chi connectivity index (χ3v) is 7.36. The molecule has 0 unspecified atom stereocenters. The average molecular weight is 588 g/mol. The van der Waals surface area contributed by atoms with Gasteiger partial charge in [0.1, 0.15) is 11.6 Å². The number of halogens is 2. The van der Waals surface area contributed by atoms with Crippen molar-refractivity contribution in [3.05, 3.63) is 46.2 Å². The van der Waals surface area contributed by atoms with E-state index in [4.69, 9.17) is 16.3 Å². The number of hydrogen-bond donors (Lipinski definition) is 2. The zero-order chi connectivity index (χ0) is 25.9. The van der Waals surface area contributed by atoms with Crippen molar-refractivity contribution in [1.29, 1.82) is 0 Å². The number of likely N-dealkylation sites (N-methyl/N-ethyl adjacent to an activating group) is 1. The van der Waals surface area contributed by atoms with E-state index < -0.39 is 0 Å². The van der Waals surface area contributed by atoms with Gasteiger partial charge in [-0.05, 0) is 47.6 Å². The van der Waals surface area contributed by atoms with Gasteiger partial charge in [0, 0.05) is 57.6 Å². The highest BCUT2D eigenvalue weighted by molar-refractivity contribution is 9.10. The predicted octanol–water partition coefficient (Wildman–Crippen LogP) is 4.66. The average Bonchev–Trinajstić information content (AvgIpc) is 3.33. The summed E-state index contributed by atoms with van der Waals surface area (Å²) in [7, 11) is 3.75. The van der Waals surface area contributed by atoms with Gasteiger partial charge in [-0.1, -0.05) is 11.6 Å². The van der Waals surface area contributed by atoms with E-state index in [1.807, 2.05) is 24.3 Å². The second-order valence-electron chi connectivity index (χ2n) is 8.96. The number of nitrogens with one attached hydrogen (secondary N) is 2. The summed E-state index contributed by atoms with van der Waals surface area (Å²) < 4.78 is 6.34. The summed E-state index contributed by atoms with van der Waals surface area (Å²) in [4.78, 5) is 32.1. The van der Waals surface area contributed by atoms with Crippen LogP contribution in [-0.2, 0) is 4.79 Å². The van der Waals surface area contributed by atoms with E-state index in [0.717, 1.165) is 38.3 Å². The molecule has 37 heavy (non-hydrogen) atoms. The first-order valence-electron chi connectivity index (χ1n) is 12.1. The van der Waals surface area contributed by atoms with Gasteiger partial charge < -0.3 is 25.2 Å². The summed E-state index contributed by atoms with van der Waals surface area (Å²) in [5, 5.41) is 7.15. The first-order chi connectivity index (χ1) is 17.9. The van der Waals surface area contributed by atoms with E-state index in [0.29, 0.717) is 57.2 Å². The molecule has 5 rings (SSSR count). The topological polar surface area (TPSA) is 98.8 Å². The maximum Gasteiger partial charge on any atom is 0.229 e. The highest BCUT2D eigenvalue weighted by atomic mass is 79.9. The fraction of sp³-hybridized carbons (Fsp3) is 0.360. The van der Waals surface area contributed by atoms with E-state index in [1.54, 1.807) is 24.4 Å². The maximum atomic E-state index is 12.3. The molecule has 1 amide bonds. The number of methoxy groups -OCH3 is 1. The molecular formula is C25H28BrClN8O2. The van der Waals surface area contributed by atoms with Crippen LogP contribution in [0.3, 0.4) is 0 Å². The Morgan fingerprint density at radius 3 is 2.62 bits per heavy atom. The molecule has 10 nitrogen and oxygen atoms in total. The summed E-state index contributed by atoms with van der Waals surface area (Å²) in [5.41, 5.74) is 2.28. The van der Waals surface area contributed by atoms with Gasteiger partial charge in [-0.3, -0.25) is 9.69 Å². The molecule has 2 saturated heterocycles. The number of benzene rings is 1. The molecule has 2 aliphatic heterocycles. The minimum absolute atomic E-state index is 0.0647. The number of anilines is 6. The smallest absolute Gasteiger partial charge is 0.229 e. The van der Waals surface area contributed by atoms with Gasteiger partial charge in [-0.15, -0.1) is 0 Å². The highest BCUT2D eigenvalue weighted by Gasteiger charge is 2.25. The first kappa shape index (κ1) is 25.5. The van der Waals surface area contributed by atoms with Crippen molar-refractivity contribution in [2.45, 2.75) is 12.8 Å². The molecule has 0 bridgehead atoms. The number of ether oxygens (including phenoxy) is 1. The number of piperazine rings is 1. The van der Waals surface area contributed by atoms with Crippen molar-refractivity contribution in [2.75, 3.05) is 67.3 Å². The Labute approximate surface area is 229 Å².